The standard InChI is InChI=1S/C15H20BrClN3O8P/c1-7(2)27-12(23)8(3)19-29(25)26-6-9-11(22)15(16,17)13(28-9)20-5-4-10(21)18-14(20)24/h4-5,7-9,11,13,22H,6H2,1-3H3,(H-,18,19,21,24,25)/p+1/t8-,9+,11+,13+,15-/m0/s1. The van der Waals surface area contributed by atoms with Crippen LogP contribution in [0.3, 0.4) is 0 Å². The molecule has 0 saturated carbocycles. The van der Waals surface area contributed by atoms with E-state index in [1.807, 2.05) is 0 Å². The molecule has 0 bridgehead atoms. The molecule has 1 aliphatic rings. The van der Waals surface area contributed by atoms with E-state index in [1.54, 1.807) is 13.8 Å². The Morgan fingerprint density at radius 2 is 2.17 bits per heavy atom. The number of aromatic amines is 1. The van der Waals surface area contributed by atoms with E-state index in [1.165, 1.54) is 13.1 Å². The summed E-state index contributed by atoms with van der Waals surface area (Å²) in [5.74, 6) is -0.596. The molecule has 14 heteroatoms. The molecule has 2 rings (SSSR count). The first kappa shape index (κ1) is 24.1. The molecule has 0 aromatic carbocycles. The van der Waals surface area contributed by atoms with Gasteiger partial charge in [0, 0.05) is 12.3 Å². The van der Waals surface area contributed by atoms with Gasteiger partial charge in [-0.2, -0.15) is 0 Å². The molecule has 0 spiro atoms. The number of carbonyl (C=O) groups is 1. The third-order valence-corrected chi connectivity index (χ3v) is 6.10. The number of aromatic nitrogens is 2. The average Bonchev–Trinajstić information content (AvgIpc) is 2.82. The van der Waals surface area contributed by atoms with Crippen molar-refractivity contribution in [3.05, 3.63) is 33.1 Å². The zero-order valence-electron chi connectivity index (χ0n) is 15.7. The number of nitrogens with one attached hydrogen (secondary N) is 2. The van der Waals surface area contributed by atoms with E-state index in [-0.39, 0.29) is 12.7 Å². The van der Waals surface area contributed by atoms with Crippen LogP contribution in [0.4, 0.5) is 0 Å². The van der Waals surface area contributed by atoms with Crippen molar-refractivity contribution in [2.75, 3.05) is 6.61 Å². The van der Waals surface area contributed by atoms with Crippen molar-refractivity contribution in [1.82, 2.24) is 14.6 Å². The van der Waals surface area contributed by atoms with Gasteiger partial charge in [-0.25, -0.2) is 4.79 Å². The maximum Gasteiger partial charge on any atom is 0.613 e. The number of esters is 1. The predicted octanol–water partition coefficient (Wildman–Crippen LogP) is 0.729. The first-order valence-corrected chi connectivity index (χ1v) is 10.9. The van der Waals surface area contributed by atoms with Crippen molar-refractivity contribution in [2.45, 2.75) is 55.1 Å². The van der Waals surface area contributed by atoms with Gasteiger partial charge in [-0.05, 0) is 25.3 Å². The molecule has 0 amide bonds. The highest BCUT2D eigenvalue weighted by Gasteiger charge is 2.56. The minimum atomic E-state index is -2.49. The number of carbonyl (C=O) groups excluding carboxylic acids is 1. The van der Waals surface area contributed by atoms with Crippen LogP contribution in [0.5, 0.6) is 0 Å². The zero-order valence-corrected chi connectivity index (χ0v) is 18.9. The van der Waals surface area contributed by atoms with E-state index < -0.39 is 53.7 Å². The molecule has 1 aromatic heterocycles. The van der Waals surface area contributed by atoms with Gasteiger partial charge < -0.3 is 14.6 Å². The van der Waals surface area contributed by atoms with Gasteiger partial charge >= 0.3 is 19.8 Å². The van der Waals surface area contributed by atoms with Crippen LogP contribution in [0, 0.1) is 0 Å². The summed E-state index contributed by atoms with van der Waals surface area (Å²) in [5.41, 5.74) is -1.39. The normalized spacial score (nSPS) is 28.4. The number of rotatable bonds is 8. The number of ether oxygens (including phenoxy) is 2. The molecule has 1 saturated heterocycles. The molecular weight excluding hydrogens is 497 g/mol. The Hall–Kier alpha value is -1.14. The van der Waals surface area contributed by atoms with Gasteiger partial charge in [0.25, 0.3) is 5.56 Å². The van der Waals surface area contributed by atoms with Crippen molar-refractivity contribution < 1.29 is 28.5 Å². The smallest absolute Gasteiger partial charge is 0.462 e. The SMILES string of the molecule is CC(C)OC(=O)[C@H](C)N[P+](=O)OC[C@H]1O[C@@H](n2ccc(=O)[nH]c2=O)[C@](Cl)(Br)[C@@H]1O. The number of aliphatic hydroxyl groups is 1. The van der Waals surface area contributed by atoms with Crippen LogP contribution < -0.4 is 16.3 Å². The highest BCUT2D eigenvalue weighted by atomic mass is 79.9. The summed E-state index contributed by atoms with van der Waals surface area (Å²) in [6.07, 6.45) is -2.77. The second-order valence-corrected chi connectivity index (χ2v) is 9.98. The van der Waals surface area contributed by atoms with Gasteiger partial charge in [-0.1, -0.05) is 32.6 Å². The van der Waals surface area contributed by atoms with Gasteiger partial charge in [0.15, 0.2) is 10.0 Å². The van der Waals surface area contributed by atoms with Crippen LogP contribution in [0.1, 0.15) is 27.0 Å². The van der Waals surface area contributed by atoms with Crippen molar-refractivity contribution in [3.63, 3.8) is 0 Å². The number of H-pyrrole nitrogens is 1. The highest BCUT2D eigenvalue weighted by molar-refractivity contribution is 9.10. The molecule has 3 N–H and O–H groups in total. The average molecular weight is 518 g/mol. The van der Waals surface area contributed by atoms with Crippen LogP contribution in [0.2, 0.25) is 0 Å². The van der Waals surface area contributed by atoms with E-state index in [0.717, 1.165) is 10.6 Å². The Kier molecular flexibility index (Phi) is 8.14. The highest BCUT2D eigenvalue weighted by Crippen LogP contribution is 2.47. The van der Waals surface area contributed by atoms with E-state index in [4.69, 9.17) is 25.6 Å². The minimum Gasteiger partial charge on any atom is -0.462 e. The summed E-state index contributed by atoms with van der Waals surface area (Å²) in [5, 5.41) is 12.9. The molecule has 1 fully saturated rings. The number of alkyl halides is 2. The largest absolute Gasteiger partial charge is 0.613 e. The third kappa shape index (κ3) is 5.94. The van der Waals surface area contributed by atoms with Crippen molar-refractivity contribution in [1.29, 1.82) is 0 Å². The molecule has 162 valence electrons. The monoisotopic (exact) mass is 516 g/mol. The van der Waals surface area contributed by atoms with Crippen LogP contribution in [-0.4, -0.2) is 55.4 Å². The topological polar surface area (TPSA) is 149 Å². The number of halogens is 2. The molecule has 29 heavy (non-hydrogen) atoms. The van der Waals surface area contributed by atoms with Crippen molar-refractivity contribution in [2.24, 2.45) is 0 Å². The van der Waals surface area contributed by atoms with E-state index >= 15 is 0 Å². The molecule has 6 atom stereocenters. The lowest BCUT2D eigenvalue weighted by Crippen LogP contribution is -2.40. The molecule has 1 aromatic rings. The second-order valence-electron chi connectivity index (χ2n) is 6.55. The first-order chi connectivity index (χ1) is 13.4. The summed E-state index contributed by atoms with van der Waals surface area (Å²) in [7, 11) is -2.49. The quantitative estimate of drug-likeness (QED) is 0.258. The van der Waals surface area contributed by atoms with E-state index in [9.17, 15) is 24.1 Å². The Bertz CT molecular complexity index is 876. The minimum absolute atomic E-state index is 0.323. The Morgan fingerprint density at radius 1 is 1.52 bits per heavy atom. The number of hydrogen-bond donors (Lipinski definition) is 3. The van der Waals surface area contributed by atoms with E-state index in [2.05, 4.69) is 26.0 Å². The number of nitrogens with zero attached hydrogens (tertiary/aromatic N) is 1. The van der Waals surface area contributed by atoms with Crippen LogP contribution >= 0.6 is 35.7 Å². The predicted molar refractivity (Wildman–Crippen MR) is 106 cm³/mol. The molecule has 11 nitrogen and oxygen atoms in total. The molecule has 2 heterocycles. The lowest BCUT2D eigenvalue weighted by Gasteiger charge is -2.24. The van der Waals surface area contributed by atoms with Crippen molar-refractivity contribution >= 4 is 41.7 Å². The lowest BCUT2D eigenvalue weighted by atomic mass is 10.2. The zero-order chi connectivity index (χ0) is 21.9. The first-order valence-electron chi connectivity index (χ1n) is 8.53. The molecule has 0 radical (unpaired) electrons. The summed E-state index contributed by atoms with van der Waals surface area (Å²) >= 11 is 9.43. The van der Waals surface area contributed by atoms with Crippen molar-refractivity contribution in [3.8, 4) is 0 Å². The van der Waals surface area contributed by atoms with Crippen LogP contribution in [0.25, 0.3) is 0 Å². The van der Waals surface area contributed by atoms with Gasteiger partial charge in [-0.15, -0.1) is 4.52 Å². The lowest BCUT2D eigenvalue weighted by molar-refractivity contribution is -0.149. The fraction of sp³-hybridized carbons (Fsp3) is 0.667. The fourth-order valence-electron chi connectivity index (χ4n) is 2.44. The summed E-state index contributed by atoms with van der Waals surface area (Å²) in [6, 6.07) is 0.213. The number of hydrogen-bond acceptors (Lipinski definition) is 8. The van der Waals surface area contributed by atoms with Crippen LogP contribution in [-0.2, 0) is 23.4 Å². The van der Waals surface area contributed by atoms with Gasteiger partial charge in [0.1, 0.15) is 24.9 Å². The Labute approximate surface area is 179 Å². The Balaban J connectivity index is 2.00. The van der Waals surface area contributed by atoms with E-state index in [0.29, 0.717) is 0 Å². The fourth-order valence-corrected chi connectivity index (χ4v) is 4.14. The number of aliphatic hydroxyl groups excluding tert-OH is 1. The molecule has 0 aliphatic carbocycles. The van der Waals surface area contributed by atoms with Crippen LogP contribution in [0.15, 0.2) is 21.9 Å². The second kappa shape index (κ2) is 9.78. The van der Waals surface area contributed by atoms with Gasteiger partial charge in [0.05, 0.1) is 6.10 Å². The maximum atomic E-state index is 12.0. The molecule has 1 unspecified atom stereocenters. The third-order valence-electron chi connectivity index (χ3n) is 3.84. The van der Waals surface area contributed by atoms with Gasteiger partial charge in [0.2, 0.25) is 0 Å². The maximum absolute atomic E-state index is 12.0. The van der Waals surface area contributed by atoms with Gasteiger partial charge in [-0.3, -0.25) is 19.1 Å². The summed E-state index contributed by atoms with van der Waals surface area (Å²) < 4.78 is 27.1. The summed E-state index contributed by atoms with van der Waals surface area (Å²) in [4.78, 5) is 37.0. The summed E-state index contributed by atoms with van der Waals surface area (Å²) in [6.45, 7) is 4.47. The molecular formula is C15H21BrClN3O8P+. The Morgan fingerprint density at radius 3 is 2.76 bits per heavy atom. The molecule has 1 aliphatic heterocycles.